The van der Waals surface area contributed by atoms with Gasteiger partial charge in [0.2, 0.25) is 5.91 Å². The van der Waals surface area contributed by atoms with Gasteiger partial charge in [-0.15, -0.1) is 0 Å². The Bertz CT molecular complexity index is 1050. The van der Waals surface area contributed by atoms with Crippen molar-refractivity contribution < 1.29 is 14.1 Å². The number of nitrogens with one attached hydrogen (secondary N) is 1. The van der Waals surface area contributed by atoms with E-state index in [1.807, 2.05) is 0 Å². The van der Waals surface area contributed by atoms with E-state index in [2.05, 4.69) is 10.5 Å². The second-order valence-electron chi connectivity index (χ2n) is 5.72. The Kier molecular flexibility index (Phi) is 6.08. The molecule has 0 aliphatic heterocycles. The molecule has 7 nitrogen and oxygen atoms in total. The number of nitrogens with zero attached hydrogens (tertiary/aromatic N) is 2. The number of amides is 1. The zero-order chi connectivity index (χ0) is 20.1. The Hall–Kier alpha value is -3.16. The summed E-state index contributed by atoms with van der Waals surface area (Å²) in [6, 6.07) is 14.2. The first-order chi connectivity index (χ1) is 13.4. The molecule has 0 saturated heterocycles. The smallest absolute Gasteiger partial charge is 0.269 e. The minimum absolute atomic E-state index is 0.0318. The van der Waals surface area contributed by atoms with Gasteiger partial charge in [0.15, 0.2) is 0 Å². The quantitative estimate of drug-likeness (QED) is 0.351. The normalized spacial score (nSPS) is 10.9. The Morgan fingerprint density at radius 2 is 1.89 bits per heavy atom. The van der Waals surface area contributed by atoms with Crippen LogP contribution in [0.4, 0.5) is 5.69 Å². The highest BCUT2D eigenvalue weighted by Gasteiger charge is 2.09. The molecule has 0 saturated carbocycles. The number of benzene rings is 2. The van der Waals surface area contributed by atoms with Gasteiger partial charge in [0.1, 0.15) is 11.5 Å². The molecule has 1 amide bonds. The summed E-state index contributed by atoms with van der Waals surface area (Å²) in [5, 5.41) is 15.5. The molecule has 28 heavy (non-hydrogen) atoms. The van der Waals surface area contributed by atoms with E-state index in [-0.39, 0.29) is 18.0 Å². The lowest BCUT2D eigenvalue weighted by Crippen LogP contribution is -2.19. The zero-order valence-electron chi connectivity index (χ0n) is 14.3. The Balaban J connectivity index is 1.59. The Labute approximate surface area is 169 Å². The number of nitro benzene ring substituents is 1. The molecule has 142 valence electrons. The van der Waals surface area contributed by atoms with E-state index >= 15 is 0 Å². The van der Waals surface area contributed by atoms with Gasteiger partial charge in [-0.3, -0.25) is 14.9 Å². The molecule has 1 aromatic heterocycles. The van der Waals surface area contributed by atoms with Crippen molar-refractivity contribution >= 4 is 41.0 Å². The van der Waals surface area contributed by atoms with E-state index in [9.17, 15) is 14.9 Å². The first kappa shape index (κ1) is 19.6. The van der Waals surface area contributed by atoms with Crippen LogP contribution in [-0.4, -0.2) is 17.0 Å². The summed E-state index contributed by atoms with van der Waals surface area (Å²) in [6.45, 7) is 0. The molecule has 0 spiro atoms. The zero-order valence-corrected chi connectivity index (χ0v) is 15.8. The van der Waals surface area contributed by atoms with Crippen molar-refractivity contribution in [2.45, 2.75) is 6.42 Å². The van der Waals surface area contributed by atoms with Gasteiger partial charge in [0.05, 0.1) is 22.6 Å². The highest BCUT2D eigenvalue weighted by molar-refractivity contribution is 6.35. The fourth-order valence-electron chi connectivity index (χ4n) is 2.38. The van der Waals surface area contributed by atoms with Gasteiger partial charge in [-0.05, 0) is 35.9 Å². The van der Waals surface area contributed by atoms with Crippen molar-refractivity contribution in [1.82, 2.24) is 5.43 Å². The van der Waals surface area contributed by atoms with E-state index in [1.165, 1.54) is 30.5 Å². The summed E-state index contributed by atoms with van der Waals surface area (Å²) in [4.78, 5) is 22.0. The van der Waals surface area contributed by atoms with Crippen LogP contribution < -0.4 is 5.43 Å². The van der Waals surface area contributed by atoms with Crippen molar-refractivity contribution in [2.75, 3.05) is 0 Å². The molecule has 1 heterocycles. The average Bonchev–Trinajstić information content (AvgIpc) is 3.13. The summed E-state index contributed by atoms with van der Waals surface area (Å²) in [7, 11) is 0. The van der Waals surface area contributed by atoms with Gasteiger partial charge >= 0.3 is 0 Å². The van der Waals surface area contributed by atoms with Gasteiger partial charge in [-0.1, -0.05) is 35.3 Å². The maximum atomic E-state index is 11.9. The molecule has 3 rings (SSSR count). The van der Waals surface area contributed by atoms with E-state index in [0.29, 0.717) is 32.7 Å². The number of nitro groups is 1. The number of hydrogen-bond donors (Lipinski definition) is 1. The number of hydrazone groups is 1. The molecule has 2 aromatic carbocycles. The summed E-state index contributed by atoms with van der Waals surface area (Å²) in [6.07, 6.45) is 1.40. The molecule has 0 fully saturated rings. The number of rotatable bonds is 6. The topological polar surface area (TPSA) is 97.7 Å². The van der Waals surface area contributed by atoms with Crippen LogP contribution in [0.15, 0.2) is 64.1 Å². The van der Waals surface area contributed by atoms with Crippen LogP contribution in [0.3, 0.4) is 0 Å². The van der Waals surface area contributed by atoms with Crippen LogP contribution in [0.25, 0.3) is 11.3 Å². The monoisotopic (exact) mass is 417 g/mol. The average molecular weight is 418 g/mol. The minimum atomic E-state index is -0.498. The number of furan rings is 1. The molecule has 0 atom stereocenters. The van der Waals surface area contributed by atoms with E-state index < -0.39 is 4.92 Å². The van der Waals surface area contributed by atoms with Gasteiger partial charge in [0, 0.05) is 22.7 Å². The largest absolute Gasteiger partial charge is 0.455 e. The lowest BCUT2D eigenvalue weighted by molar-refractivity contribution is -0.384. The van der Waals surface area contributed by atoms with Gasteiger partial charge in [-0.2, -0.15) is 5.10 Å². The third kappa shape index (κ3) is 4.97. The second-order valence-corrected chi connectivity index (χ2v) is 6.56. The second kappa shape index (κ2) is 8.69. The fourth-order valence-corrected chi connectivity index (χ4v) is 2.76. The molecular weight excluding hydrogens is 405 g/mol. The van der Waals surface area contributed by atoms with Crippen LogP contribution in [-0.2, 0) is 11.2 Å². The Morgan fingerprint density at radius 1 is 1.14 bits per heavy atom. The van der Waals surface area contributed by atoms with Crippen molar-refractivity contribution in [3.63, 3.8) is 0 Å². The van der Waals surface area contributed by atoms with Crippen molar-refractivity contribution in [3.05, 3.63) is 86.1 Å². The van der Waals surface area contributed by atoms with Crippen molar-refractivity contribution in [2.24, 2.45) is 5.10 Å². The summed E-state index contributed by atoms with van der Waals surface area (Å²) < 4.78 is 5.63. The van der Waals surface area contributed by atoms with Crippen molar-refractivity contribution in [3.8, 4) is 11.3 Å². The fraction of sp³-hybridized carbons (Fsp3) is 0.0526. The maximum Gasteiger partial charge on any atom is 0.269 e. The highest BCUT2D eigenvalue weighted by Crippen LogP contribution is 2.31. The Morgan fingerprint density at radius 3 is 2.61 bits per heavy atom. The summed E-state index contributed by atoms with van der Waals surface area (Å²) in [5.74, 6) is 0.572. The van der Waals surface area contributed by atoms with Crippen molar-refractivity contribution in [1.29, 1.82) is 0 Å². The third-order valence-corrected chi connectivity index (χ3v) is 4.28. The van der Waals surface area contributed by atoms with Gasteiger partial charge in [-0.25, -0.2) is 5.43 Å². The number of halogens is 2. The predicted molar refractivity (Wildman–Crippen MR) is 107 cm³/mol. The molecular formula is C19H13Cl2N3O4. The molecule has 1 N–H and O–H groups in total. The number of carbonyl (C=O) groups excluding carboxylic acids is 1. The lowest BCUT2D eigenvalue weighted by Gasteiger charge is -2.01. The molecule has 0 aliphatic carbocycles. The first-order valence-corrected chi connectivity index (χ1v) is 8.78. The van der Waals surface area contributed by atoms with Crippen LogP contribution in [0.5, 0.6) is 0 Å². The molecule has 0 unspecified atom stereocenters. The summed E-state index contributed by atoms with van der Waals surface area (Å²) in [5.41, 5.74) is 3.63. The van der Waals surface area contributed by atoms with Crippen LogP contribution >= 0.6 is 23.2 Å². The number of hydrogen-bond acceptors (Lipinski definition) is 5. The predicted octanol–water partition coefficient (Wildman–Crippen LogP) is 4.85. The first-order valence-electron chi connectivity index (χ1n) is 8.03. The minimum Gasteiger partial charge on any atom is -0.455 e. The van der Waals surface area contributed by atoms with E-state index in [1.54, 1.807) is 30.3 Å². The molecule has 0 aliphatic rings. The molecule has 3 aromatic rings. The maximum absolute atomic E-state index is 11.9. The van der Waals surface area contributed by atoms with Crippen LogP contribution in [0.1, 0.15) is 11.3 Å². The summed E-state index contributed by atoms with van der Waals surface area (Å²) >= 11 is 12.1. The third-order valence-electron chi connectivity index (χ3n) is 3.71. The van der Waals surface area contributed by atoms with Crippen LogP contribution in [0, 0.1) is 10.1 Å². The lowest BCUT2D eigenvalue weighted by atomic mass is 10.1. The molecule has 9 heteroatoms. The van der Waals surface area contributed by atoms with Gasteiger partial charge in [0.25, 0.3) is 5.69 Å². The van der Waals surface area contributed by atoms with E-state index in [4.69, 9.17) is 27.6 Å². The standard InChI is InChI=1S/C19H13Cl2N3O4/c20-13-3-7-17(21)16(10-13)18-8-6-15(28-18)11-22-23-19(25)9-12-1-4-14(5-2-12)24(26)27/h1-8,10-11H,9H2,(H,23,25)/b22-11-. The molecule has 0 radical (unpaired) electrons. The highest BCUT2D eigenvalue weighted by atomic mass is 35.5. The number of non-ortho nitro benzene ring substituents is 1. The number of carbonyl (C=O) groups is 1. The van der Waals surface area contributed by atoms with E-state index in [0.717, 1.165) is 0 Å². The molecule has 0 bridgehead atoms. The SMILES string of the molecule is O=C(Cc1ccc([N+](=O)[O-])cc1)N/N=C\c1ccc(-c2cc(Cl)ccc2Cl)o1. The van der Waals surface area contributed by atoms with Gasteiger partial charge < -0.3 is 4.42 Å². The van der Waals surface area contributed by atoms with Crippen LogP contribution in [0.2, 0.25) is 10.0 Å².